The molecule has 0 aliphatic carbocycles. The van der Waals surface area contributed by atoms with Crippen LogP contribution in [0.15, 0.2) is 23.6 Å². The highest BCUT2D eigenvalue weighted by Gasteiger charge is 2.22. The van der Waals surface area contributed by atoms with Gasteiger partial charge in [-0.15, -0.1) is 0 Å². The maximum absolute atomic E-state index is 9.13. The second-order valence-corrected chi connectivity index (χ2v) is 5.18. The van der Waals surface area contributed by atoms with Crippen molar-refractivity contribution < 1.29 is 4.74 Å². The average Bonchev–Trinajstić information content (AvgIpc) is 3.04. The summed E-state index contributed by atoms with van der Waals surface area (Å²) in [6.07, 6.45) is 0. The van der Waals surface area contributed by atoms with E-state index >= 15 is 0 Å². The molecule has 0 atom stereocenters. The van der Waals surface area contributed by atoms with Gasteiger partial charge in [0.05, 0.1) is 18.7 Å². The molecule has 0 spiro atoms. The SMILES string of the molecule is COc1nscc1CN1Cc2cccc(C#N)c2C1. The van der Waals surface area contributed by atoms with Crippen LogP contribution in [0.4, 0.5) is 0 Å². The normalized spacial score (nSPS) is 14.1. The molecule has 19 heavy (non-hydrogen) atoms. The minimum atomic E-state index is 0.710. The minimum Gasteiger partial charge on any atom is -0.480 e. The lowest BCUT2D eigenvalue weighted by atomic mass is 10.1. The molecule has 0 unspecified atom stereocenters. The monoisotopic (exact) mass is 271 g/mol. The molecule has 1 aliphatic heterocycles. The van der Waals surface area contributed by atoms with Crippen LogP contribution in [0.2, 0.25) is 0 Å². The molecule has 96 valence electrons. The van der Waals surface area contributed by atoms with Crippen molar-refractivity contribution in [2.24, 2.45) is 0 Å². The molecule has 0 fully saturated rings. The van der Waals surface area contributed by atoms with Crippen LogP contribution in [-0.2, 0) is 19.6 Å². The first-order chi connectivity index (χ1) is 9.31. The van der Waals surface area contributed by atoms with Crippen molar-refractivity contribution in [2.45, 2.75) is 19.6 Å². The molecule has 0 saturated heterocycles. The number of nitriles is 1. The van der Waals surface area contributed by atoms with Crippen LogP contribution in [0.5, 0.6) is 5.88 Å². The van der Waals surface area contributed by atoms with Crippen molar-refractivity contribution in [1.29, 1.82) is 5.26 Å². The Morgan fingerprint density at radius 1 is 1.47 bits per heavy atom. The molecule has 0 radical (unpaired) electrons. The first kappa shape index (κ1) is 12.2. The van der Waals surface area contributed by atoms with Crippen molar-refractivity contribution in [3.63, 3.8) is 0 Å². The van der Waals surface area contributed by atoms with E-state index in [1.54, 1.807) is 7.11 Å². The molecule has 0 amide bonds. The molecule has 1 aliphatic rings. The lowest BCUT2D eigenvalue weighted by molar-refractivity contribution is 0.269. The Morgan fingerprint density at radius 2 is 2.37 bits per heavy atom. The maximum Gasteiger partial charge on any atom is 0.229 e. The Kier molecular flexibility index (Phi) is 3.20. The van der Waals surface area contributed by atoms with Crippen molar-refractivity contribution in [3.8, 4) is 11.9 Å². The van der Waals surface area contributed by atoms with E-state index in [-0.39, 0.29) is 0 Å². The number of fused-ring (bicyclic) bond motifs is 1. The molecule has 2 heterocycles. The third-order valence-electron chi connectivity index (χ3n) is 3.36. The summed E-state index contributed by atoms with van der Waals surface area (Å²) in [7, 11) is 1.64. The second kappa shape index (κ2) is 5.00. The van der Waals surface area contributed by atoms with E-state index < -0.39 is 0 Å². The predicted molar refractivity (Wildman–Crippen MR) is 72.8 cm³/mol. The molecule has 0 N–H and O–H groups in total. The number of nitrogens with zero attached hydrogens (tertiary/aromatic N) is 3. The van der Waals surface area contributed by atoms with E-state index in [0.717, 1.165) is 36.3 Å². The van der Waals surface area contributed by atoms with Crippen LogP contribution in [0.3, 0.4) is 0 Å². The summed E-state index contributed by atoms with van der Waals surface area (Å²) in [6, 6.07) is 8.20. The van der Waals surface area contributed by atoms with E-state index in [4.69, 9.17) is 10.00 Å². The largest absolute Gasteiger partial charge is 0.480 e. The lowest BCUT2D eigenvalue weighted by Crippen LogP contribution is -2.15. The summed E-state index contributed by atoms with van der Waals surface area (Å²) in [4.78, 5) is 2.30. The van der Waals surface area contributed by atoms with Crippen LogP contribution in [0.1, 0.15) is 22.3 Å². The van der Waals surface area contributed by atoms with Gasteiger partial charge < -0.3 is 4.74 Å². The zero-order valence-electron chi connectivity index (χ0n) is 10.6. The molecular formula is C14H13N3OS. The molecule has 4 nitrogen and oxygen atoms in total. The van der Waals surface area contributed by atoms with Crippen LogP contribution in [0.25, 0.3) is 0 Å². The molecule has 5 heteroatoms. The highest BCUT2D eigenvalue weighted by molar-refractivity contribution is 7.03. The van der Waals surface area contributed by atoms with Gasteiger partial charge in [-0.1, -0.05) is 12.1 Å². The van der Waals surface area contributed by atoms with Crippen LogP contribution in [-0.4, -0.2) is 16.4 Å². The summed E-state index contributed by atoms with van der Waals surface area (Å²) in [5, 5.41) is 11.2. The number of ether oxygens (including phenoxy) is 1. The molecule has 3 rings (SSSR count). The van der Waals surface area contributed by atoms with Crippen LogP contribution < -0.4 is 4.74 Å². The number of benzene rings is 1. The van der Waals surface area contributed by atoms with Gasteiger partial charge in [0.2, 0.25) is 5.88 Å². The first-order valence-corrected chi connectivity index (χ1v) is 6.86. The molecule has 1 aromatic carbocycles. The molecule has 0 bridgehead atoms. The van der Waals surface area contributed by atoms with Crippen molar-refractivity contribution in [2.75, 3.05) is 7.11 Å². The smallest absolute Gasteiger partial charge is 0.229 e. The van der Waals surface area contributed by atoms with E-state index in [9.17, 15) is 0 Å². The fourth-order valence-corrected chi connectivity index (χ4v) is 3.11. The van der Waals surface area contributed by atoms with Gasteiger partial charge in [-0.3, -0.25) is 4.90 Å². The minimum absolute atomic E-state index is 0.710. The van der Waals surface area contributed by atoms with Crippen molar-refractivity contribution in [3.05, 3.63) is 45.8 Å². The number of aromatic nitrogens is 1. The summed E-state index contributed by atoms with van der Waals surface area (Å²) in [5.74, 6) is 0.710. The number of hydrogen-bond acceptors (Lipinski definition) is 5. The first-order valence-electron chi connectivity index (χ1n) is 6.02. The van der Waals surface area contributed by atoms with Crippen molar-refractivity contribution in [1.82, 2.24) is 9.27 Å². The van der Waals surface area contributed by atoms with E-state index in [1.165, 1.54) is 17.1 Å². The highest BCUT2D eigenvalue weighted by Crippen LogP contribution is 2.29. The Hall–Kier alpha value is -1.90. The fourth-order valence-electron chi connectivity index (χ4n) is 2.47. The van der Waals surface area contributed by atoms with E-state index in [2.05, 4.69) is 21.4 Å². The average molecular weight is 271 g/mol. The second-order valence-electron chi connectivity index (χ2n) is 4.55. The molecule has 2 aromatic rings. The Labute approximate surface area is 116 Å². The fraction of sp³-hybridized carbons (Fsp3) is 0.286. The number of hydrogen-bond donors (Lipinski definition) is 0. The molecule has 0 saturated carbocycles. The van der Waals surface area contributed by atoms with Gasteiger partial charge in [0.1, 0.15) is 0 Å². The standard InChI is InChI=1S/C14H13N3OS/c1-18-14-12(9-19-16-14)7-17-6-11-4-2-3-10(5-15)13(11)8-17/h2-4,9H,6-8H2,1H3. The van der Waals surface area contributed by atoms with Gasteiger partial charge >= 0.3 is 0 Å². The molecular weight excluding hydrogens is 258 g/mol. The van der Waals surface area contributed by atoms with Crippen molar-refractivity contribution >= 4 is 11.5 Å². The quantitative estimate of drug-likeness (QED) is 0.860. The zero-order chi connectivity index (χ0) is 13.2. The number of rotatable bonds is 3. The van der Waals surface area contributed by atoms with Gasteiger partial charge in [-0.2, -0.15) is 9.64 Å². The summed E-state index contributed by atoms with van der Waals surface area (Å²) in [6.45, 7) is 2.50. The van der Waals surface area contributed by atoms with Crippen LogP contribution in [0, 0.1) is 11.3 Å². The topological polar surface area (TPSA) is 49.1 Å². The van der Waals surface area contributed by atoms with Crippen LogP contribution >= 0.6 is 11.5 Å². The Balaban J connectivity index is 1.80. The summed E-state index contributed by atoms with van der Waals surface area (Å²) >= 11 is 1.41. The maximum atomic E-state index is 9.13. The molecule has 1 aromatic heterocycles. The number of methoxy groups -OCH3 is 1. The van der Waals surface area contributed by atoms with Gasteiger partial charge in [-0.25, -0.2) is 0 Å². The van der Waals surface area contributed by atoms with E-state index in [1.807, 2.05) is 17.5 Å². The predicted octanol–water partition coefficient (Wildman–Crippen LogP) is 2.54. The lowest BCUT2D eigenvalue weighted by Gasteiger charge is -2.14. The summed E-state index contributed by atoms with van der Waals surface area (Å²) < 4.78 is 9.44. The van der Waals surface area contributed by atoms with Gasteiger partial charge in [0.25, 0.3) is 0 Å². The van der Waals surface area contributed by atoms with Gasteiger partial charge in [-0.05, 0) is 28.7 Å². The van der Waals surface area contributed by atoms with Gasteiger partial charge in [0.15, 0.2) is 0 Å². The third kappa shape index (κ3) is 2.21. The Bertz CT molecular complexity index is 644. The Morgan fingerprint density at radius 3 is 3.16 bits per heavy atom. The van der Waals surface area contributed by atoms with E-state index in [0.29, 0.717) is 5.88 Å². The summed E-state index contributed by atoms with van der Waals surface area (Å²) in [5.41, 5.74) is 4.31. The highest BCUT2D eigenvalue weighted by atomic mass is 32.1. The zero-order valence-corrected chi connectivity index (χ0v) is 11.4. The van der Waals surface area contributed by atoms with Gasteiger partial charge in [0, 0.05) is 30.6 Å². The third-order valence-corrected chi connectivity index (χ3v) is 4.02.